The van der Waals surface area contributed by atoms with Crippen LogP contribution >= 0.6 is 0 Å². The predicted octanol–water partition coefficient (Wildman–Crippen LogP) is 0.979. The summed E-state index contributed by atoms with van der Waals surface area (Å²) in [5.41, 5.74) is 2.61. The Hall–Kier alpha value is -0.610. The molecule has 0 aliphatic rings. The van der Waals surface area contributed by atoms with Crippen LogP contribution in [-0.2, 0) is 0 Å². The lowest BCUT2D eigenvalue weighted by atomic mass is 10.2. The average molecular weight is 145 g/mol. The number of rotatable bonds is 6. The van der Waals surface area contributed by atoms with Crippen LogP contribution in [0.5, 0.6) is 0 Å². The highest BCUT2D eigenvalue weighted by atomic mass is 16.5. The third-order valence-corrected chi connectivity index (χ3v) is 1.18. The maximum Gasteiger partial charge on any atom is 0.126 e. The Kier molecular flexibility index (Phi) is 6.11. The molecule has 10 heavy (non-hydrogen) atoms. The van der Waals surface area contributed by atoms with E-state index in [9.17, 15) is 0 Å². The van der Waals surface area contributed by atoms with Crippen molar-refractivity contribution < 1.29 is 5.21 Å². The number of hydrogen-bond acceptors (Lipinski definition) is 3. The van der Waals surface area contributed by atoms with Crippen molar-refractivity contribution in [1.82, 2.24) is 10.6 Å². The van der Waals surface area contributed by atoms with Gasteiger partial charge in [0.2, 0.25) is 0 Å². The molecule has 0 rings (SSSR count). The maximum atomic E-state index is 8.64. The molecule has 0 aliphatic heterocycles. The Morgan fingerprint density at radius 2 is 2.30 bits per heavy atom. The number of hydroxylamine groups is 1. The second-order valence-corrected chi connectivity index (χ2v) is 2.09. The van der Waals surface area contributed by atoms with Crippen LogP contribution in [0.4, 0.5) is 0 Å². The minimum atomic E-state index is 0.662. The topological polar surface area (TPSA) is 59.4 Å². The molecule has 0 saturated carbocycles. The van der Waals surface area contributed by atoms with Gasteiger partial charge in [-0.15, -0.1) is 0 Å². The molecule has 0 aromatic heterocycles. The van der Waals surface area contributed by atoms with Crippen LogP contribution in [0.2, 0.25) is 0 Å². The highest BCUT2D eigenvalue weighted by Gasteiger charge is 1.89. The Labute approximate surface area is 61.3 Å². The highest BCUT2D eigenvalue weighted by Crippen LogP contribution is 1.90. The first kappa shape index (κ1) is 9.39. The maximum absolute atomic E-state index is 8.64. The lowest BCUT2D eigenvalue weighted by Crippen LogP contribution is -2.33. The van der Waals surface area contributed by atoms with Crippen LogP contribution in [0.3, 0.4) is 0 Å². The largest absolute Gasteiger partial charge is 0.288 e. The SMILES string of the molecule is CCCCCNN(O)C=N. The van der Waals surface area contributed by atoms with Crippen molar-refractivity contribution >= 4 is 6.34 Å². The number of hydrogen-bond donors (Lipinski definition) is 3. The molecule has 4 heteroatoms. The first-order chi connectivity index (χ1) is 4.81. The molecule has 0 aromatic rings. The molecule has 0 radical (unpaired) electrons. The van der Waals surface area contributed by atoms with Crippen LogP contribution < -0.4 is 5.43 Å². The van der Waals surface area contributed by atoms with E-state index >= 15 is 0 Å². The summed E-state index contributed by atoms with van der Waals surface area (Å²) in [5.74, 6) is 0. The Morgan fingerprint density at radius 1 is 1.60 bits per heavy atom. The summed E-state index contributed by atoms with van der Waals surface area (Å²) in [6.07, 6.45) is 4.17. The number of hydrazine groups is 1. The minimum Gasteiger partial charge on any atom is -0.288 e. The van der Waals surface area contributed by atoms with E-state index in [1.165, 1.54) is 0 Å². The lowest BCUT2D eigenvalue weighted by molar-refractivity contribution is -0.0576. The van der Waals surface area contributed by atoms with E-state index in [1.54, 1.807) is 0 Å². The van der Waals surface area contributed by atoms with Crippen LogP contribution in [0, 0.1) is 5.41 Å². The van der Waals surface area contributed by atoms with Crippen molar-refractivity contribution in [2.45, 2.75) is 26.2 Å². The molecule has 4 nitrogen and oxygen atoms in total. The minimum absolute atomic E-state index is 0.662. The van der Waals surface area contributed by atoms with E-state index < -0.39 is 0 Å². The van der Waals surface area contributed by atoms with Crippen molar-refractivity contribution in [2.75, 3.05) is 6.54 Å². The molecule has 0 aliphatic carbocycles. The highest BCUT2D eigenvalue weighted by molar-refractivity contribution is 5.47. The third kappa shape index (κ3) is 5.53. The van der Waals surface area contributed by atoms with Crippen LogP contribution in [-0.4, -0.2) is 23.3 Å². The average Bonchev–Trinajstić information content (AvgIpc) is 1.98. The first-order valence-electron chi connectivity index (χ1n) is 3.53. The van der Waals surface area contributed by atoms with Crippen molar-refractivity contribution in [2.24, 2.45) is 0 Å². The first-order valence-corrected chi connectivity index (χ1v) is 3.53. The summed E-state index contributed by atoms with van der Waals surface area (Å²) in [4.78, 5) is 0. The van der Waals surface area contributed by atoms with Gasteiger partial charge in [0.1, 0.15) is 6.34 Å². The van der Waals surface area contributed by atoms with Gasteiger partial charge in [-0.3, -0.25) is 10.6 Å². The monoisotopic (exact) mass is 145 g/mol. The fourth-order valence-corrected chi connectivity index (χ4v) is 0.614. The van der Waals surface area contributed by atoms with E-state index in [2.05, 4.69) is 12.3 Å². The van der Waals surface area contributed by atoms with E-state index in [0.717, 1.165) is 32.1 Å². The van der Waals surface area contributed by atoms with Gasteiger partial charge in [0.25, 0.3) is 0 Å². The molecule has 60 valence electrons. The lowest BCUT2D eigenvalue weighted by Gasteiger charge is -2.10. The summed E-state index contributed by atoms with van der Waals surface area (Å²) < 4.78 is 0. The van der Waals surface area contributed by atoms with Crippen LogP contribution in [0.15, 0.2) is 0 Å². The van der Waals surface area contributed by atoms with Crippen molar-refractivity contribution in [3.8, 4) is 0 Å². The zero-order valence-electron chi connectivity index (χ0n) is 6.30. The fourth-order valence-electron chi connectivity index (χ4n) is 0.614. The number of nitrogens with one attached hydrogen (secondary N) is 2. The standard InChI is InChI=1S/C6H15N3O/c1-2-3-4-5-8-9(10)6-7/h6-8,10H,2-5H2,1H3. The summed E-state index contributed by atoms with van der Waals surface area (Å²) >= 11 is 0. The zero-order chi connectivity index (χ0) is 7.82. The van der Waals surface area contributed by atoms with Gasteiger partial charge in [-0.05, 0) is 6.42 Å². The molecule has 0 spiro atoms. The smallest absolute Gasteiger partial charge is 0.126 e. The molecule has 3 N–H and O–H groups in total. The fraction of sp³-hybridized carbons (Fsp3) is 0.833. The van der Waals surface area contributed by atoms with Crippen molar-refractivity contribution in [3.05, 3.63) is 0 Å². The summed E-state index contributed by atoms with van der Waals surface area (Å²) in [7, 11) is 0. The second kappa shape index (κ2) is 6.51. The molecule has 0 saturated heterocycles. The van der Waals surface area contributed by atoms with Gasteiger partial charge in [0, 0.05) is 6.54 Å². The predicted molar refractivity (Wildman–Crippen MR) is 39.9 cm³/mol. The van der Waals surface area contributed by atoms with Crippen molar-refractivity contribution in [3.63, 3.8) is 0 Å². The summed E-state index contributed by atoms with van der Waals surface area (Å²) in [6, 6.07) is 0. The molecule has 0 heterocycles. The molecule has 0 unspecified atom stereocenters. The van der Waals surface area contributed by atoms with Crippen molar-refractivity contribution in [1.29, 1.82) is 5.41 Å². The van der Waals surface area contributed by atoms with E-state index in [1.807, 2.05) is 0 Å². The Balaban J connectivity index is 2.95. The quantitative estimate of drug-likeness (QED) is 0.226. The molecule has 0 fully saturated rings. The summed E-state index contributed by atoms with van der Waals surface area (Å²) in [5, 5.41) is 15.9. The van der Waals surface area contributed by atoms with Gasteiger partial charge in [-0.1, -0.05) is 19.8 Å². The Morgan fingerprint density at radius 3 is 2.80 bits per heavy atom. The zero-order valence-corrected chi connectivity index (χ0v) is 6.30. The Bertz CT molecular complexity index is 87.1. The van der Waals surface area contributed by atoms with Gasteiger partial charge < -0.3 is 0 Å². The van der Waals surface area contributed by atoms with Gasteiger partial charge in [0.05, 0.1) is 0 Å². The van der Waals surface area contributed by atoms with Gasteiger partial charge >= 0.3 is 0 Å². The van der Waals surface area contributed by atoms with E-state index in [4.69, 9.17) is 10.6 Å². The molecule has 0 bridgehead atoms. The van der Waals surface area contributed by atoms with E-state index in [0.29, 0.717) is 5.17 Å². The molecule has 0 atom stereocenters. The van der Waals surface area contributed by atoms with Crippen LogP contribution in [0.1, 0.15) is 26.2 Å². The molecule has 0 amide bonds. The molecular formula is C6H15N3O. The second-order valence-electron chi connectivity index (χ2n) is 2.09. The summed E-state index contributed by atoms with van der Waals surface area (Å²) in [6.45, 7) is 2.84. The van der Waals surface area contributed by atoms with Gasteiger partial charge in [-0.2, -0.15) is 5.17 Å². The number of nitrogens with zero attached hydrogens (tertiary/aromatic N) is 1. The molecular weight excluding hydrogens is 130 g/mol. The van der Waals surface area contributed by atoms with Gasteiger partial charge in [0.15, 0.2) is 0 Å². The van der Waals surface area contributed by atoms with Crippen LogP contribution in [0.25, 0.3) is 0 Å². The molecule has 0 aromatic carbocycles. The third-order valence-electron chi connectivity index (χ3n) is 1.18. The van der Waals surface area contributed by atoms with Gasteiger partial charge in [-0.25, -0.2) is 5.43 Å². The normalized spacial score (nSPS) is 9.40. The number of unbranched alkanes of at least 4 members (excludes halogenated alkanes) is 2. The van der Waals surface area contributed by atoms with E-state index in [-0.39, 0.29) is 0 Å².